The van der Waals surface area contributed by atoms with Gasteiger partial charge in [-0.3, -0.25) is 14.2 Å². The summed E-state index contributed by atoms with van der Waals surface area (Å²) in [5.74, 6) is -0.817. The number of phosphoric acid groups is 1. The van der Waals surface area contributed by atoms with Crippen LogP contribution in [0.15, 0.2) is 36.5 Å². The number of hydrogen-bond acceptors (Lipinski definition) is 8. The quantitative estimate of drug-likeness (QED) is 0.0195. The van der Waals surface area contributed by atoms with E-state index in [-0.39, 0.29) is 32.0 Å². The summed E-state index contributed by atoms with van der Waals surface area (Å²) in [5.41, 5.74) is 0. The molecule has 0 spiro atoms. The summed E-state index contributed by atoms with van der Waals surface area (Å²) in [5, 5.41) is 0. The molecule has 0 aromatic heterocycles. The van der Waals surface area contributed by atoms with Gasteiger partial charge in [0.25, 0.3) is 7.82 Å². The highest BCUT2D eigenvalue weighted by molar-refractivity contribution is 7.45. The second-order valence-corrected chi connectivity index (χ2v) is 26.0. The molecule has 2 unspecified atom stereocenters. The van der Waals surface area contributed by atoms with E-state index in [2.05, 4.69) is 50.3 Å². The Morgan fingerprint density at radius 1 is 0.392 bits per heavy atom. The van der Waals surface area contributed by atoms with Crippen molar-refractivity contribution in [1.82, 2.24) is 0 Å². The maximum absolute atomic E-state index is 12.8. The highest BCUT2D eigenvalue weighted by Crippen LogP contribution is 2.38. The summed E-state index contributed by atoms with van der Waals surface area (Å²) in [7, 11) is 1.18. The zero-order valence-corrected chi connectivity index (χ0v) is 54.0. The minimum atomic E-state index is -4.64. The molecule has 0 N–H and O–H groups in total. The van der Waals surface area contributed by atoms with E-state index in [1.165, 1.54) is 257 Å². The van der Waals surface area contributed by atoms with E-state index in [1.807, 2.05) is 21.1 Å². The molecule has 0 saturated carbocycles. The first-order valence-corrected chi connectivity index (χ1v) is 35.7. The molecule has 79 heavy (non-hydrogen) atoms. The summed E-state index contributed by atoms with van der Waals surface area (Å²) in [6.07, 6.45) is 76.5. The number of likely N-dealkylation sites (N-methyl/N-ethyl adjacent to an activating group) is 1. The molecule has 0 amide bonds. The van der Waals surface area contributed by atoms with Crippen LogP contribution >= 0.6 is 7.82 Å². The molecule has 0 aliphatic heterocycles. The molecule has 9 nitrogen and oxygen atoms in total. The number of ether oxygens (including phenoxy) is 2. The molecule has 0 aliphatic carbocycles. The van der Waals surface area contributed by atoms with Crippen molar-refractivity contribution in [2.45, 2.75) is 347 Å². The lowest BCUT2D eigenvalue weighted by Gasteiger charge is -2.28. The second-order valence-electron chi connectivity index (χ2n) is 24.6. The number of esters is 2. The van der Waals surface area contributed by atoms with Crippen molar-refractivity contribution >= 4 is 19.8 Å². The van der Waals surface area contributed by atoms with Crippen LogP contribution in [0.5, 0.6) is 0 Å². The third kappa shape index (κ3) is 65.3. The summed E-state index contributed by atoms with van der Waals surface area (Å²) < 4.78 is 34.3. The lowest BCUT2D eigenvalue weighted by Crippen LogP contribution is -2.37. The lowest BCUT2D eigenvalue weighted by atomic mass is 10.0. The molecule has 466 valence electrons. The summed E-state index contributed by atoms with van der Waals surface area (Å²) in [4.78, 5) is 38.0. The lowest BCUT2D eigenvalue weighted by molar-refractivity contribution is -0.870. The molecular weight excluding hydrogens is 1000 g/mol. The van der Waals surface area contributed by atoms with Crippen LogP contribution in [0.4, 0.5) is 0 Å². The maximum Gasteiger partial charge on any atom is 0.306 e. The van der Waals surface area contributed by atoms with E-state index < -0.39 is 26.5 Å². The van der Waals surface area contributed by atoms with Crippen molar-refractivity contribution in [3.05, 3.63) is 36.5 Å². The van der Waals surface area contributed by atoms with Crippen molar-refractivity contribution in [3.8, 4) is 0 Å². The Labute approximate surface area is 491 Å². The molecule has 0 radical (unpaired) electrons. The summed E-state index contributed by atoms with van der Waals surface area (Å²) in [6.45, 7) is 4.29. The second kappa shape index (κ2) is 60.8. The fraction of sp³-hybridized carbons (Fsp3) is 0.884. The van der Waals surface area contributed by atoms with E-state index in [9.17, 15) is 19.0 Å². The van der Waals surface area contributed by atoms with Crippen LogP contribution in [0.3, 0.4) is 0 Å². The van der Waals surface area contributed by atoms with Gasteiger partial charge in [0.2, 0.25) is 0 Å². The summed E-state index contributed by atoms with van der Waals surface area (Å²) >= 11 is 0. The predicted octanol–water partition coefficient (Wildman–Crippen LogP) is 21.3. The summed E-state index contributed by atoms with van der Waals surface area (Å²) in [6, 6.07) is 0. The van der Waals surface area contributed by atoms with Crippen LogP contribution in [0, 0.1) is 0 Å². The maximum atomic E-state index is 12.8. The number of carbonyl (C=O) groups is 2. The van der Waals surface area contributed by atoms with Crippen molar-refractivity contribution in [2.75, 3.05) is 47.5 Å². The number of rotatable bonds is 64. The van der Waals surface area contributed by atoms with E-state index in [4.69, 9.17) is 18.5 Å². The van der Waals surface area contributed by atoms with Gasteiger partial charge in [0.15, 0.2) is 6.10 Å². The van der Waals surface area contributed by atoms with E-state index in [0.717, 1.165) is 51.4 Å². The Morgan fingerprint density at radius 3 is 1.01 bits per heavy atom. The van der Waals surface area contributed by atoms with Crippen LogP contribution in [0.25, 0.3) is 0 Å². The molecule has 0 heterocycles. The first-order valence-electron chi connectivity index (χ1n) is 34.2. The number of carbonyl (C=O) groups excluding carboxylic acids is 2. The standard InChI is InChI=1S/C69H132NO8P/c1-6-8-10-12-14-16-18-20-22-24-26-28-30-32-34-36-37-39-41-43-45-47-49-51-53-55-57-59-61-68(71)75-65-67(66-77-79(73,74)76-64-63-70(3,4)5)78-69(72)62-60-58-56-54-52-50-48-46-44-42-40-38-35-33-31-29-27-25-23-21-19-17-15-13-11-9-7-2/h19,21,25,27,31,33,67H,6-18,20,22-24,26,28-30,32,34-66H2,1-5H3/b21-19-,27-25-,33-31-. The number of phosphoric ester groups is 1. The van der Waals surface area contributed by atoms with Crippen LogP contribution in [0.1, 0.15) is 341 Å². The Kier molecular flexibility index (Phi) is 59.4. The molecule has 0 aliphatic rings. The highest BCUT2D eigenvalue weighted by atomic mass is 31.2. The van der Waals surface area contributed by atoms with Crippen LogP contribution in [-0.4, -0.2) is 70.0 Å². The Morgan fingerprint density at radius 2 is 0.684 bits per heavy atom. The van der Waals surface area contributed by atoms with Gasteiger partial charge in [0.05, 0.1) is 27.7 Å². The van der Waals surface area contributed by atoms with Crippen LogP contribution in [0.2, 0.25) is 0 Å². The van der Waals surface area contributed by atoms with Gasteiger partial charge in [-0.15, -0.1) is 0 Å². The molecule has 10 heteroatoms. The minimum absolute atomic E-state index is 0.0292. The average Bonchev–Trinajstić information content (AvgIpc) is 3.41. The molecule has 0 fully saturated rings. The minimum Gasteiger partial charge on any atom is -0.756 e. The predicted molar refractivity (Wildman–Crippen MR) is 337 cm³/mol. The van der Waals surface area contributed by atoms with Crippen molar-refractivity contribution in [1.29, 1.82) is 0 Å². The van der Waals surface area contributed by atoms with Crippen LogP contribution < -0.4 is 4.89 Å². The zero-order valence-electron chi connectivity index (χ0n) is 53.1. The van der Waals surface area contributed by atoms with Gasteiger partial charge in [-0.05, 0) is 51.4 Å². The van der Waals surface area contributed by atoms with Crippen molar-refractivity contribution < 1.29 is 42.1 Å². The third-order valence-electron chi connectivity index (χ3n) is 15.4. The number of nitrogens with zero attached hydrogens (tertiary/aromatic N) is 1. The van der Waals surface area contributed by atoms with Crippen LogP contribution in [-0.2, 0) is 32.7 Å². The number of hydrogen-bond donors (Lipinski definition) is 0. The SMILES string of the molecule is CCCCCCC/C=C\C/C=C\C/C=C\CCCCCCCCCCCCCCC(=O)OC(COC(=O)CCCCCCCCCCCCCCCCCCCCCCCCCCCCCC)COP(=O)([O-])OCC[N+](C)(C)C. The Hall–Kier alpha value is -1.77. The Bertz CT molecular complexity index is 1430. The number of quaternary nitrogens is 1. The number of allylic oxidation sites excluding steroid dienone is 6. The zero-order chi connectivity index (χ0) is 57.7. The average molecular weight is 1130 g/mol. The van der Waals surface area contributed by atoms with E-state index in [0.29, 0.717) is 17.4 Å². The molecule has 2 atom stereocenters. The first-order chi connectivity index (χ1) is 38.5. The fourth-order valence-corrected chi connectivity index (χ4v) is 10.9. The van der Waals surface area contributed by atoms with Gasteiger partial charge in [-0.25, -0.2) is 0 Å². The molecular formula is C69H132NO8P. The van der Waals surface area contributed by atoms with E-state index >= 15 is 0 Å². The number of unbranched alkanes of at least 4 members (excludes halogenated alkanes) is 44. The fourth-order valence-electron chi connectivity index (χ4n) is 10.1. The molecule has 0 aromatic rings. The van der Waals surface area contributed by atoms with Crippen molar-refractivity contribution in [2.24, 2.45) is 0 Å². The molecule has 0 aromatic carbocycles. The Balaban J connectivity index is 4.03. The third-order valence-corrected chi connectivity index (χ3v) is 16.4. The highest BCUT2D eigenvalue weighted by Gasteiger charge is 2.22. The van der Waals surface area contributed by atoms with Crippen molar-refractivity contribution in [3.63, 3.8) is 0 Å². The molecule has 0 rings (SSSR count). The van der Waals surface area contributed by atoms with Gasteiger partial charge in [0, 0.05) is 12.8 Å². The topological polar surface area (TPSA) is 111 Å². The van der Waals surface area contributed by atoms with Gasteiger partial charge < -0.3 is 27.9 Å². The normalized spacial score (nSPS) is 13.3. The molecule has 0 saturated heterocycles. The van der Waals surface area contributed by atoms with Gasteiger partial charge in [0.1, 0.15) is 19.8 Å². The smallest absolute Gasteiger partial charge is 0.306 e. The molecule has 0 bridgehead atoms. The van der Waals surface area contributed by atoms with Gasteiger partial charge in [-0.2, -0.15) is 0 Å². The van der Waals surface area contributed by atoms with Gasteiger partial charge in [-0.1, -0.05) is 314 Å². The van der Waals surface area contributed by atoms with E-state index in [1.54, 1.807) is 0 Å². The van der Waals surface area contributed by atoms with Gasteiger partial charge >= 0.3 is 11.9 Å². The monoisotopic (exact) mass is 1130 g/mol. The first kappa shape index (κ1) is 77.2. The largest absolute Gasteiger partial charge is 0.756 e.